The second-order valence-corrected chi connectivity index (χ2v) is 2.66. The maximum atomic E-state index is 5.39. The van der Waals surface area contributed by atoms with E-state index in [1.54, 1.807) is 0 Å². The van der Waals surface area contributed by atoms with Crippen molar-refractivity contribution in [2.24, 2.45) is 0 Å². The molecule has 2 nitrogen and oxygen atoms in total. The molecule has 0 unspecified atom stereocenters. The fourth-order valence-electron chi connectivity index (χ4n) is 0.834. The predicted molar refractivity (Wildman–Crippen MR) is 51.7 cm³/mol. The van der Waals surface area contributed by atoms with Crippen LogP contribution in [0.4, 0.5) is 5.69 Å². The molecule has 0 fully saturated rings. The van der Waals surface area contributed by atoms with Gasteiger partial charge in [0.1, 0.15) is 5.75 Å². The monoisotopic (exact) mass is 185 g/mol. The van der Waals surface area contributed by atoms with E-state index in [1.807, 2.05) is 24.3 Å². The van der Waals surface area contributed by atoms with Gasteiger partial charge in [-0.15, -0.1) is 0 Å². The number of anilines is 1. The SMILES string of the molecule is CCCOc1ccc(NCl)cc1. The van der Waals surface area contributed by atoms with E-state index in [-0.39, 0.29) is 0 Å². The molecule has 66 valence electrons. The van der Waals surface area contributed by atoms with Crippen molar-refractivity contribution >= 4 is 17.5 Å². The second kappa shape index (κ2) is 4.88. The van der Waals surface area contributed by atoms with E-state index in [0.29, 0.717) is 0 Å². The number of hydrogen-bond donors (Lipinski definition) is 1. The molecule has 0 spiro atoms. The Balaban J connectivity index is 2.53. The Morgan fingerprint density at radius 2 is 2.00 bits per heavy atom. The molecule has 0 bridgehead atoms. The molecule has 0 atom stereocenters. The smallest absolute Gasteiger partial charge is 0.119 e. The summed E-state index contributed by atoms with van der Waals surface area (Å²) in [5.41, 5.74) is 0.875. The van der Waals surface area contributed by atoms with Gasteiger partial charge in [0.15, 0.2) is 0 Å². The second-order valence-electron chi connectivity index (χ2n) is 2.47. The summed E-state index contributed by atoms with van der Waals surface area (Å²) in [5, 5.41) is 0. The van der Waals surface area contributed by atoms with E-state index in [0.717, 1.165) is 24.5 Å². The molecule has 1 rings (SSSR count). The summed E-state index contributed by atoms with van der Waals surface area (Å²) in [7, 11) is 0. The molecule has 1 aromatic carbocycles. The minimum Gasteiger partial charge on any atom is -0.494 e. The number of hydrogen-bond acceptors (Lipinski definition) is 2. The Morgan fingerprint density at radius 3 is 2.50 bits per heavy atom. The lowest BCUT2D eigenvalue weighted by Gasteiger charge is -2.04. The Labute approximate surface area is 77.6 Å². The highest BCUT2D eigenvalue weighted by Gasteiger charge is 1.92. The third-order valence-electron chi connectivity index (χ3n) is 1.44. The van der Waals surface area contributed by atoms with Crippen LogP contribution >= 0.6 is 11.8 Å². The standard InChI is InChI=1S/C9H12ClNO/c1-2-7-12-9-5-3-8(11-10)4-6-9/h3-6,11H,2,7H2,1H3. The van der Waals surface area contributed by atoms with Crippen molar-refractivity contribution < 1.29 is 4.74 Å². The van der Waals surface area contributed by atoms with Crippen molar-refractivity contribution in [3.63, 3.8) is 0 Å². The molecule has 0 amide bonds. The quantitative estimate of drug-likeness (QED) is 0.729. The Morgan fingerprint density at radius 1 is 1.33 bits per heavy atom. The van der Waals surface area contributed by atoms with Crippen LogP contribution in [0.25, 0.3) is 0 Å². The molecule has 1 N–H and O–H groups in total. The first kappa shape index (κ1) is 9.20. The van der Waals surface area contributed by atoms with Crippen LogP contribution in [0.5, 0.6) is 5.75 Å². The Hall–Kier alpha value is -0.890. The Kier molecular flexibility index (Phi) is 3.74. The maximum absolute atomic E-state index is 5.39. The van der Waals surface area contributed by atoms with Gasteiger partial charge in [0.25, 0.3) is 0 Å². The van der Waals surface area contributed by atoms with E-state index in [9.17, 15) is 0 Å². The summed E-state index contributed by atoms with van der Waals surface area (Å²) >= 11 is 5.39. The first-order valence-electron chi connectivity index (χ1n) is 3.96. The highest BCUT2D eigenvalue weighted by Crippen LogP contribution is 2.15. The average molecular weight is 186 g/mol. The Bertz CT molecular complexity index is 222. The van der Waals surface area contributed by atoms with Gasteiger partial charge in [0.05, 0.1) is 6.61 Å². The van der Waals surface area contributed by atoms with E-state index in [1.165, 1.54) is 0 Å². The molecule has 0 aliphatic heterocycles. The maximum Gasteiger partial charge on any atom is 0.119 e. The lowest BCUT2D eigenvalue weighted by Crippen LogP contribution is -1.94. The summed E-state index contributed by atoms with van der Waals surface area (Å²) < 4.78 is 5.38. The molecule has 0 aliphatic carbocycles. The zero-order valence-electron chi connectivity index (χ0n) is 7.01. The molecule has 3 heteroatoms. The molecular formula is C9H12ClNO. The lowest BCUT2D eigenvalue weighted by atomic mass is 10.3. The first-order chi connectivity index (χ1) is 5.86. The zero-order chi connectivity index (χ0) is 8.81. The van der Waals surface area contributed by atoms with Crippen molar-refractivity contribution in [2.45, 2.75) is 13.3 Å². The van der Waals surface area contributed by atoms with Gasteiger partial charge < -0.3 is 4.74 Å². The van der Waals surface area contributed by atoms with E-state index < -0.39 is 0 Å². The van der Waals surface area contributed by atoms with Crippen LogP contribution in [0.1, 0.15) is 13.3 Å². The molecule has 0 aromatic heterocycles. The van der Waals surface area contributed by atoms with Gasteiger partial charge in [-0.2, -0.15) is 0 Å². The number of ether oxygens (including phenoxy) is 1. The summed E-state index contributed by atoms with van der Waals surface area (Å²) in [6.45, 7) is 2.84. The predicted octanol–water partition coefficient (Wildman–Crippen LogP) is 3.04. The third-order valence-corrected chi connectivity index (χ3v) is 1.65. The van der Waals surface area contributed by atoms with Crippen molar-refractivity contribution in [3.8, 4) is 5.75 Å². The van der Waals surface area contributed by atoms with Gasteiger partial charge in [-0.1, -0.05) is 6.92 Å². The van der Waals surface area contributed by atoms with Crippen LogP contribution in [0.15, 0.2) is 24.3 Å². The molecule has 0 saturated carbocycles. The van der Waals surface area contributed by atoms with Crippen LogP contribution in [0.2, 0.25) is 0 Å². The fraction of sp³-hybridized carbons (Fsp3) is 0.333. The van der Waals surface area contributed by atoms with Crippen molar-refractivity contribution in [1.82, 2.24) is 0 Å². The molecule has 1 aromatic rings. The highest BCUT2D eigenvalue weighted by molar-refractivity contribution is 6.23. The summed E-state index contributed by atoms with van der Waals surface area (Å²) in [6, 6.07) is 7.52. The van der Waals surface area contributed by atoms with E-state index in [2.05, 4.69) is 11.8 Å². The lowest BCUT2D eigenvalue weighted by molar-refractivity contribution is 0.317. The first-order valence-corrected chi connectivity index (χ1v) is 4.34. The molecule has 0 saturated heterocycles. The van der Waals surface area contributed by atoms with Gasteiger partial charge in [-0.05, 0) is 30.7 Å². The normalized spacial score (nSPS) is 9.50. The highest BCUT2D eigenvalue weighted by atomic mass is 35.5. The minimum atomic E-state index is 0.758. The van der Waals surface area contributed by atoms with Crippen LogP contribution in [-0.4, -0.2) is 6.61 Å². The molecular weight excluding hydrogens is 174 g/mol. The molecule has 0 aliphatic rings. The van der Waals surface area contributed by atoms with Gasteiger partial charge >= 0.3 is 0 Å². The van der Waals surface area contributed by atoms with Crippen molar-refractivity contribution in [1.29, 1.82) is 0 Å². The van der Waals surface area contributed by atoms with Crippen molar-refractivity contribution in [2.75, 3.05) is 11.4 Å². The largest absolute Gasteiger partial charge is 0.494 e. The third kappa shape index (κ3) is 2.62. The van der Waals surface area contributed by atoms with E-state index in [4.69, 9.17) is 16.5 Å². The van der Waals surface area contributed by atoms with Crippen molar-refractivity contribution in [3.05, 3.63) is 24.3 Å². The topological polar surface area (TPSA) is 21.3 Å². The number of nitrogens with one attached hydrogen (secondary N) is 1. The minimum absolute atomic E-state index is 0.758. The number of halogens is 1. The number of benzene rings is 1. The number of rotatable bonds is 4. The van der Waals surface area contributed by atoms with Gasteiger partial charge in [0.2, 0.25) is 0 Å². The van der Waals surface area contributed by atoms with Gasteiger partial charge in [-0.3, -0.25) is 4.84 Å². The molecule has 0 heterocycles. The summed E-state index contributed by atoms with van der Waals surface area (Å²) in [4.78, 5) is 2.53. The average Bonchev–Trinajstić information content (AvgIpc) is 2.15. The summed E-state index contributed by atoms with van der Waals surface area (Å²) in [5.74, 6) is 0.882. The van der Waals surface area contributed by atoms with Gasteiger partial charge in [0, 0.05) is 17.5 Å². The molecule has 12 heavy (non-hydrogen) atoms. The van der Waals surface area contributed by atoms with Crippen LogP contribution in [0, 0.1) is 0 Å². The summed E-state index contributed by atoms with van der Waals surface area (Å²) in [6.07, 6.45) is 1.02. The zero-order valence-corrected chi connectivity index (χ0v) is 7.77. The fourth-order valence-corrected chi connectivity index (χ4v) is 0.960. The van der Waals surface area contributed by atoms with Crippen LogP contribution in [-0.2, 0) is 0 Å². The van der Waals surface area contributed by atoms with E-state index >= 15 is 0 Å². The van der Waals surface area contributed by atoms with Crippen LogP contribution < -0.4 is 9.57 Å². The van der Waals surface area contributed by atoms with Crippen LogP contribution in [0.3, 0.4) is 0 Å². The van der Waals surface area contributed by atoms with Gasteiger partial charge in [-0.25, -0.2) is 0 Å². The molecule has 0 radical (unpaired) electrons.